The number of ether oxygens (including phenoxy) is 1. The topological polar surface area (TPSA) is 92.9 Å². The third-order valence-corrected chi connectivity index (χ3v) is 3.08. The summed E-state index contributed by atoms with van der Waals surface area (Å²) < 4.78 is 5.14. The molecule has 0 unspecified atom stereocenters. The van der Waals surface area contributed by atoms with E-state index in [0.29, 0.717) is 6.42 Å². The summed E-state index contributed by atoms with van der Waals surface area (Å²) in [6.07, 6.45) is -0.838. The van der Waals surface area contributed by atoms with E-state index in [9.17, 15) is 9.59 Å². The smallest absolute Gasteiger partial charge is 0.408 e. The van der Waals surface area contributed by atoms with Gasteiger partial charge in [-0.15, -0.1) is 0 Å². The molecule has 0 aromatic heterocycles. The highest BCUT2D eigenvalue weighted by atomic mass is 16.5. The van der Waals surface area contributed by atoms with Crippen molar-refractivity contribution in [3.63, 3.8) is 0 Å². The van der Waals surface area contributed by atoms with Gasteiger partial charge in [0.1, 0.15) is 12.6 Å². The van der Waals surface area contributed by atoms with Crippen LogP contribution in [0.5, 0.6) is 0 Å². The molecule has 1 aliphatic heterocycles. The summed E-state index contributed by atoms with van der Waals surface area (Å²) in [5.41, 5.74) is 6.55. The lowest BCUT2D eigenvalue weighted by Gasteiger charge is -2.19. The lowest BCUT2D eigenvalue weighted by atomic mass is 10.2. The lowest BCUT2D eigenvalue weighted by Crippen LogP contribution is -2.40. The molecule has 0 spiro atoms. The van der Waals surface area contributed by atoms with Gasteiger partial charge in [-0.2, -0.15) is 0 Å². The largest absolute Gasteiger partial charge is 0.465 e. The van der Waals surface area contributed by atoms with Crippen molar-refractivity contribution in [1.29, 1.82) is 0 Å². The van der Waals surface area contributed by atoms with Crippen LogP contribution in [0.4, 0.5) is 4.79 Å². The highest BCUT2D eigenvalue weighted by molar-refractivity contribution is 5.81. The second kappa shape index (κ2) is 5.71. The summed E-state index contributed by atoms with van der Waals surface area (Å²) in [6, 6.07) is 8.12. The molecule has 0 bridgehead atoms. The van der Waals surface area contributed by atoms with Crippen LogP contribution in [0.25, 0.3) is 0 Å². The van der Waals surface area contributed by atoms with Crippen LogP contribution in [0, 0.1) is 0 Å². The number of benzene rings is 1. The van der Waals surface area contributed by atoms with Gasteiger partial charge in [-0.05, 0) is 12.0 Å². The number of carboxylic acid groups (broad SMARTS) is 1. The number of hydrogen-bond donors (Lipinski definition) is 2. The number of likely N-dealkylation sites (tertiary alicyclic amines) is 1. The molecule has 1 heterocycles. The van der Waals surface area contributed by atoms with Crippen LogP contribution in [0.2, 0.25) is 0 Å². The van der Waals surface area contributed by atoms with E-state index in [1.165, 1.54) is 0 Å². The maximum atomic E-state index is 11.9. The monoisotopic (exact) mass is 264 g/mol. The minimum atomic E-state index is -1.14. The van der Waals surface area contributed by atoms with Crippen molar-refractivity contribution in [2.45, 2.75) is 25.1 Å². The standard InChI is InChI=1S/C13H16N2O4/c14-10-6-11(15(7-10)13(17)18)12(16)19-8-9-4-2-1-3-5-9/h1-5,10-11H,6-8,14H2,(H,17,18)/t10-,11+/m0/s1. The van der Waals surface area contributed by atoms with Crippen LogP contribution >= 0.6 is 0 Å². The Labute approximate surface area is 110 Å². The minimum absolute atomic E-state index is 0.138. The molecule has 1 aromatic carbocycles. The lowest BCUT2D eigenvalue weighted by molar-refractivity contribution is -0.149. The zero-order valence-electron chi connectivity index (χ0n) is 10.4. The molecule has 1 saturated heterocycles. The molecule has 0 radical (unpaired) electrons. The predicted octanol–water partition coefficient (Wildman–Crippen LogP) is 0.809. The Morgan fingerprint density at radius 2 is 2.05 bits per heavy atom. The Kier molecular flexibility index (Phi) is 4.01. The van der Waals surface area contributed by atoms with Crippen LogP contribution in [-0.4, -0.2) is 40.7 Å². The van der Waals surface area contributed by atoms with E-state index < -0.39 is 18.1 Å². The Bertz CT molecular complexity index is 463. The average Bonchev–Trinajstić information content (AvgIpc) is 2.79. The van der Waals surface area contributed by atoms with E-state index in [2.05, 4.69) is 0 Å². The number of carbonyl (C=O) groups is 2. The number of nitrogens with zero attached hydrogens (tertiary/aromatic N) is 1. The van der Waals surface area contributed by atoms with E-state index in [4.69, 9.17) is 15.6 Å². The summed E-state index contributed by atoms with van der Waals surface area (Å²) in [7, 11) is 0. The van der Waals surface area contributed by atoms with Crippen LogP contribution in [0.3, 0.4) is 0 Å². The average molecular weight is 264 g/mol. The first-order chi connectivity index (χ1) is 9.08. The van der Waals surface area contributed by atoms with Crippen molar-refractivity contribution in [1.82, 2.24) is 4.90 Å². The Balaban J connectivity index is 1.94. The molecule has 1 fully saturated rings. The van der Waals surface area contributed by atoms with Crippen LogP contribution in [-0.2, 0) is 16.1 Å². The van der Waals surface area contributed by atoms with Gasteiger partial charge in [0, 0.05) is 12.6 Å². The molecule has 0 saturated carbocycles. The SMILES string of the molecule is N[C@H]1C[C@H](C(=O)OCc2ccccc2)N(C(=O)O)C1. The highest BCUT2D eigenvalue weighted by Gasteiger charge is 2.39. The van der Waals surface area contributed by atoms with Crippen LogP contribution in [0.1, 0.15) is 12.0 Å². The highest BCUT2D eigenvalue weighted by Crippen LogP contribution is 2.18. The number of amides is 1. The number of nitrogens with two attached hydrogens (primary N) is 1. The van der Waals surface area contributed by atoms with Crippen molar-refractivity contribution in [2.24, 2.45) is 5.73 Å². The number of esters is 1. The van der Waals surface area contributed by atoms with Gasteiger partial charge >= 0.3 is 12.1 Å². The molecule has 0 aliphatic carbocycles. The molecule has 1 amide bonds. The van der Waals surface area contributed by atoms with E-state index in [-0.39, 0.29) is 19.2 Å². The Hall–Kier alpha value is -2.08. The first-order valence-electron chi connectivity index (χ1n) is 6.03. The van der Waals surface area contributed by atoms with Crippen molar-refractivity contribution in [3.05, 3.63) is 35.9 Å². The summed E-state index contributed by atoms with van der Waals surface area (Å²) in [6.45, 7) is 0.305. The minimum Gasteiger partial charge on any atom is -0.465 e. The third kappa shape index (κ3) is 3.23. The Morgan fingerprint density at radius 3 is 2.68 bits per heavy atom. The van der Waals surface area contributed by atoms with Crippen molar-refractivity contribution < 1.29 is 19.4 Å². The quantitative estimate of drug-likeness (QED) is 0.788. The van der Waals surface area contributed by atoms with Gasteiger partial charge in [-0.25, -0.2) is 9.59 Å². The number of hydrogen-bond acceptors (Lipinski definition) is 4. The molecule has 102 valence electrons. The summed E-state index contributed by atoms with van der Waals surface area (Å²) in [4.78, 5) is 23.9. The first kappa shape index (κ1) is 13.4. The third-order valence-electron chi connectivity index (χ3n) is 3.08. The molecule has 1 aromatic rings. The molecule has 1 aliphatic rings. The fourth-order valence-corrected chi connectivity index (χ4v) is 2.13. The van der Waals surface area contributed by atoms with Crippen molar-refractivity contribution in [3.8, 4) is 0 Å². The van der Waals surface area contributed by atoms with Gasteiger partial charge in [0.25, 0.3) is 0 Å². The normalized spacial score (nSPS) is 22.3. The van der Waals surface area contributed by atoms with E-state index in [1.807, 2.05) is 30.3 Å². The molecule has 3 N–H and O–H groups in total. The molecule has 6 heteroatoms. The van der Waals surface area contributed by atoms with Crippen molar-refractivity contribution >= 4 is 12.1 Å². The Morgan fingerprint density at radius 1 is 1.37 bits per heavy atom. The van der Waals surface area contributed by atoms with Crippen LogP contribution < -0.4 is 5.73 Å². The van der Waals surface area contributed by atoms with Gasteiger partial charge in [-0.3, -0.25) is 4.90 Å². The summed E-state index contributed by atoms with van der Waals surface area (Å²) in [5.74, 6) is -0.542. The molecular formula is C13H16N2O4. The maximum absolute atomic E-state index is 11.9. The predicted molar refractivity (Wildman–Crippen MR) is 67.3 cm³/mol. The second-order valence-electron chi connectivity index (χ2n) is 4.54. The van der Waals surface area contributed by atoms with E-state index in [1.54, 1.807) is 0 Å². The maximum Gasteiger partial charge on any atom is 0.408 e. The van der Waals surface area contributed by atoms with Crippen LogP contribution in [0.15, 0.2) is 30.3 Å². The first-order valence-corrected chi connectivity index (χ1v) is 6.03. The number of carbonyl (C=O) groups excluding carboxylic acids is 1. The number of rotatable bonds is 3. The van der Waals surface area contributed by atoms with Gasteiger partial charge in [0.05, 0.1) is 0 Å². The van der Waals surface area contributed by atoms with Gasteiger partial charge in [0.2, 0.25) is 0 Å². The molecule has 19 heavy (non-hydrogen) atoms. The summed E-state index contributed by atoms with van der Waals surface area (Å²) in [5, 5.41) is 9.00. The fourth-order valence-electron chi connectivity index (χ4n) is 2.13. The molecule has 2 rings (SSSR count). The fraction of sp³-hybridized carbons (Fsp3) is 0.385. The van der Waals surface area contributed by atoms with Gasteiger partial charge in [-0.1, -0.05) is 30.3 Å². The zero-order chi connectivity index (χ0) is 13.8. The molecular weight excluding hydrogens is 248 g/mol. The van der Waals surface area contributed by atoms with Crippen molar-refractivity contribution in [2.75, 3.05) is 6.54 Å². The van der Waals surface area contributed by atoms with Gasteiger partial charge < -0.3 is 15.6 Å². The second-order valence-corrected chi connectivity index (χ2v) is 4.54. The van der Waals surface area contributed by atoms with E-state index >= 15 is 0 Å². The molecule has 2 atom stereocenters. The summed E-state index contributed by atoms with van der Waals surface area (Å²) >= 11 is 0. The molecule has 6 nitrogen and oxygen atoms in total. The zero-order valence-corrected chi connectivity index (χ0v) is 10.4. The van der Waals surface area contributed by atoms with E-state index in [0.717, 1.165) is 10.5 Å². The van der Waals surface area contributed by atoms with Gasteiger partial charge in [0.15, 0.2) is 0 Å².